The van der Waals surface area contributed by atoms with Crippen molar-refractivity contribution in [1.82, 2.24) is 14.7 Å². The van der Waals surface area contributed by atoms with Gasteiger partial charge in [0.15, 0.2) is 5.82 Å². The number of nitrogens with zero attached hydrogens (tertiary/aromatic N) is 3. The summed E-state index contributed by atoms with van der Waals surface area (Å²) in [5.74, 6) is -0.145. The number of halogens is 1. The standard InChI is InChI=1S/C20H21FN4O2/c1-24(2)19(26)7-4-11-25-12-10-18(23-25)22-20(27)17-6-3-5-14-13-15(21)8-9-16(14)17/h3,5-6,8-10,12-13H,4,7,11H2,1-2H3,(H,22,23,27). The summed E-state index contributed by atoms with van der Waals surface area (Å²) in [6.45, 7) is 0.586. The van der Waals surface area contributed by atoms with Crippen molar-refractivity contribution in [3.05, 3.63) is 60.0 Å². The van der Waals surface area contributed by atoms with Crippen molar-refractivity contribution in [2.45, 2.75) is 19.4 Å². The Morgan fingerprint density at radius 3 is 2.78 bits per heavy atom. The Labute approximate surface area is 156 Å². The molecule has 1 aromatic heterocycles. The molecule has 140 valence electrons. The molecule has 0 radical (unpaired) electrons. The molecule has 3 rings (SSSR count). The molecular weight excluding hydrogens is 347 g/mol. The van der Waals surface area contributed by atoms with Crippen molar-refractivity contribution >= 4 is 28.4 Å². The van der Waals surface area contributed by atoms with Crippen molar-refractivity contribution in [2.24, 2.45) is 0 Å². The summed E-state index contributed by atoms with van der Waals surface area (Å²) in [5.41, 5.74) is 0.457. The average molecular weight is 368 g/mol. The molecule has 1 N–H and O–H groups in total. The van der Waals surface area contributed by atoms with Gasteiger partial charge in [0.05, 0.1) is 0 Å². The fourth-order valence-electron chi connectivity index (χ4n) is 2.80. The van der Waals surface area contributed by atoms with Crippen LogP contribution in [0.5, 0.6) is 0 Å². The zero-order chi connectivity index (χ0) is 19.4. The first-order valence-corrected chi connectivity index (χ1v) is 8.67. The molecule has 0 spiro atoms. The van der Waals surface area contributed by atoms with Crippen LogP contribution in [-0.2, 0) is 11.3 Å². The largest absolute Gasteiger partial charge is 0.349 e. The second-order valence-electron chi connectivity index (χ2n) is 6.48. The van der Waals surface area contributed by atoms with E-state index in [1.165, 1.54) is 12.1 Å². The van der Waals surface area contributed by atoms with E-state index in [-0.39, 0.29) is 17.6 Å². The van der Waals surface area contributed by atoms with Gasteiger partial charge >= 0.3 is 0 Å². The second-order valence-corrected chi connectivity index (χ2v) is 6.48. The van der Waals surface area contributed by atoms with Gasteiger partial charge in [-0.25, -0.2) is 4.39 Å². The minimum atomic E-state index is -0.341. The van der Waals surface area contributed by atoms with Crippen LogP contribution in [0, 0.1) is 5.82 Å². The van der Waals surface area contributed by atoms with E-state index in [1.54, 1.807) is 60.2 Å². The third-order valence-corrected chi connectivity index (χ3v) is 4.25. The van der Waals surface area contributed by atoms with Crippen molar-refractivity contribution in [3.63, 3.8) is 0 Å². The lowest BCUT2D eigenvalue weighted by molar-refractivity contribution is -0.128. The molecule has 0 saturated heterocycles. The smallest absolute Gasteiger partial charge is 0.257 e. The lowest BCUT2D eigenvalue weighted by atomic mass is 10.0. The molecule has 0 aliphatic rings. The normalized spacial score (nSPS) is 10.8. The van der Waals surface area contributed by atoms with Crippen LogP contribution in [0.3, 0.4) is 0 Å². The Hall–Kier alpha value is -3.22. The second kappa shape index (κ2) is 7.99. The van der Waals surface area contributed by atoms with Crippen LogP contribution in [0.4, 0.5) is 10.2 Å². The van der Waals surface area contributed by atoms with E-state index in [1.807, 2.05) is 0 Å². The lowest BCUT2D eigenvalue weighted by Crippen LogP contribution is -2.21. The van der Waals surface area contributed by atoms with Gasteiger partial charge in [0.25, 0.3) is 5.91 Å². The highest BCUT2D eigenvalue weighted by Crippen LogP contribution is 2.21. The number of anilines is 1. The molecule has 0 fully saturated rings. The molecule has 7 heteroatoms. The Kier molecular flexibility index (Phi) is 5.49. The highest BCUT2D eigenvalue weighted by atomic mass is 19.1. The molecule has 6 nitrogen and oxygen atoms in total. The molecule has 0 saturated carbocycles. The van der Waals surface area contributed by atoms with Gasteiger partial charge in [-0.2, -0.15) is 5.10 Å². The topological polar surface area (TPSA) is 67.2 Å². The maximum absolute atomic E-state index is 13.4. The quantitative estimate of drug-likeness (QED) is 0.726. The fourth-order valence-corrected chi connectivity index (χ4v) is 2.80. The van der Waals surface area contributed by atoms with Crippen LogP contribution in [0.1, 0.15) is 23.2 Å². The van der Waals surface area contributed by atoms with E-state index in [4.69, 9.17) is 0 Å². The van der Waals surface area contributed by atoms with Gasteiger partial charge in [0.1, 0.15) is 5.82 Å². The number of fused-ring (bicyclic) bond motifs is 1. The number of hydrogen-bond donors (Lipinski definition) is 1. The van der Waals surface area contributed by atoms with E-state index in [0.29, 0.717) is 41.5 Å². The minimum Gasteiger partial charge on any atom is -0.349 e. The molecule has 1 heterocycles. The number of benzene rings is 2. The minimum absolute atomic E-state index is 0.0723. The SMILES string of the molecule is CN(C)C(=O)CCCn1ccc(NC(=O)c2cccc3cc(F)ccc23)n1. The van der Waals surface area contributed by atoms with Crippen LogP contribution in [0.25, 0.3) is 10.8 Å². The molecule has 0 atom stereocenters. The van der Waals surface area contributed by atoms with E-state index >= 15 is 0 Å². The van der Waals surface area contributed by atoms with Gasteiger partial charge in [0, 0.05) is 44.9 Å². The molecule has 0 unspecified atom stereocenters. The third kappa shape index (κ3) is 4.49. The number of hydrogen-bond acceptors (Lipinski definition) is 3. The van der Waals surface area contributed by atoms with Crippen LogP contribution in [-0.4, -0.2) is 40.6 Å². The average Bonchev–Trinajstić information content (AvgIpc) is 3.07. The Balaban J connectivity index is 1.65. The summed E-state index contributed by atoms with van der Waals surface area (Å²) in [6.07, 6.45) is 2.87. The lowest BCUT2D eigenvalue weighted by Gasteiger charge is -2.09. The van der Waals surface area contributed by atoms with E-state index in [0.717, 1.165) is 0 Å². The van der Waals surface area contributed by atoms with E-state index in [9.17, 15) is 14.0 Å². The maximum Gasteiger partial charge on any atom is 0.257 e. The predicted molar refractivity (Wildman–Crippen MR) is 102 cm³/mol. The number of rotatable bonds is 6. The summed E-state index contributed by atoms with van der Waals surface area (Å²) in [4.78, 5) is 25.7. The highest BCUT2D eigenvalue weighted by Gasteiger charge is 2.12. The molecular formula is C20H21FN4O2. The first kappa shape index (κ1) is 18.6. The summed E-state index contributed by atoms with van der Waals surface area (Å²) < 4.78 is 15.1. The summed E-state index contributed by atoms with van der Waals surface area (Å²) in [5, 5.41) is 8.42. The van der Waals surface area contributed by atoms with Crippen molar-refractivity contribution in [2.75, 3.05) is 19.4 Å². The Bertz CT molecular complexity index is 981. The van der Waals surface area contributed by atoms with Gasteiger partial charge in [-0.05, 0) is 35.4 Å². The van der Waals surface area contributed by atoms with Gasteiger partial charge in [0.2, 0.25) is 5.91 Å². The van der Waals surface area contributed by atoms with Crippen LogP contribution in [0.15, 0.2) is 48.7 Å². The third-order valence-electron chi connectivity index (χ3n) is 4.25. The summed E-state index contributed by atoms with van der Waals surface area (Å²) in [7, 11) is 3.46. The number of carbonyl (C=O) groups is 2. The fraction of sp³-hybridized carbons (Fsp3) is 0.250. The zero-order valence-corrected chi connectivity index (χ0v) is 15.3. The van der Waals surface area contributed by atoms with Crippen molar-refractivity contribution < 1.29 is 14.0 Å². The molecule has 3 aromatic rings. The van der Waals surface area contributed by atoms with Gasteiger partial charge in [-0.15, -0.1) is 0 Å². The number of aromatic nitrogens is 2. The van der Waals surface area contributed by atoms with Crippen LogP contribution >= 0.6 is 0 Å². The molecule has 0 aliphatic heterocycles. The first-order chi connectivity index (χ1) is 12.9. The Morgan fingerprint density at radius 1 is 1.19 bits per heavy atom. The van der Waals surface area contributed by atoms with Crippen molar-refractivity contribution in [3.8, 4) is 0 Å². The number of amides is 2. The maximum atomic E-state index is 13.4. The molecule has 0 bridgehead atoms. The highest BCUT2D eigenvalue weighted by molar-refractivity contribution is 6.12. The first-order valence-electron chi connectivity index (χ1n) is 8.67. The molecule has 2 amide bonds. The number of aryl methyl sites for hydroxylation is 1. The van der Waals surface area contributed by atoms with Crippen LogP contribution in [0.2, 0.25) is 0 Å². The monoisotopic (exact) mass is 368 g/mol. The van der Waals surface area contributed by atoms with E-state index in [2.05, 4.69) is 10.4 Å². The van der Waals surface area contributed by atoms with Crippen molar-refractivity contribution in [1.29, 1.82) is 0 Å². The number of carbonyl (C=O) groups excluding carboxylic acids is 2. The van der Waals surface area contributed by atoms with Gasteiger partial charge in [-0.3, -0.25) is 14.3 Å². The molecule has 0 aliphatic carbocycles. The predicted octanol–water partition coefficient (Wildman–Crippen LogP) is 3.30. The summed E-state index contributed by atoms with van der Waals surface area (Å²) in [6, 6.07) is 11.2. The molecule has 2 aromatic carbocycles. The van der Waals surface area contributed by atoms with Gasteiger partial charge < -0.3 is 10.2 Å². The summed E-state index contributed by atoms with van der Waals surface area (Å²) >= 11 is 0. The number of nitrogens with one attached hydrogen (secondary N) is 1. The van der Waals surface area contributed by atoms with E-state index < -0.39 is 0 Å². The van der Waals surface area contributed by atoms with Gasteiger partial charge in [-0.1, -0.05) is 18.2 Å². The zero-order valence-electron chi connectivity index (χ0n) is 15.3. The molecule has 27 heavy (non-hydrogen) atoms. The van der Waals surface area contributed by atoms with Crippen LogP contribution < -0.4 is 5.32 Å². The Morgan fingerprint density at radius 2 is 2.00 bits per heavy atom.